The molecule has 3 amide bonds. The Morgan fingerprint density at radius 2 is 2.11 bits per heavy atom. The molecule has 1 aliphatic heterocycles. The maximum absolute atomic E-state index is 13.2. The zero-order valence-electron chi connectivity index (χ0n) is 20.8. The average Bonchev–Trinajstić information content (AvgIpc) is 3.26. The summed E-state index contributed by atoms with van der Waals surface area (Å²) in [5, 5.41) is 30.7. The van der Waals surface area contributed by atoms with Gasteiger partial charge in [0.15, 0.2) is 10.8 Å². The largest absolute Gasteiger partial charge is 0.478 e. The molecule has 4 rings (SSSR count). The van der Waals surface area contributed by atoms with Crippen molar-refractivity contribution in [2.75, 3.05) is 5.32 Å². The van der Waals surface area contributed by atoms with Gasteiger partial charge >= 0.3 is 12.1 Å². The summed E-state index contributed by atoms with van der Waals surface area (Å²) >= 11 is 0.986. The lowest BCUT2D eigenvalue weighted by Crippen LogP contribution is -2.70. The molecular formula is C21H27N9O7S. The van der Waals surface area contributed by atoms with Crippen molar-refractivity contribution in [3.8, 4) is 0 Å². The first-order valence-corrected chi connectivity index (χ1v) is 12.4. The summed E-state index contributed by atoms with van der Waals surface area (Å²) in [5.74, 6) is -2.49. The smallest absolute Gasteiger partial charge is 0.413 e. The lowest BCUT2D eigenvalue weighted by Gasteiger charge is -2.36. The summed E-state index contributed by atoms with van der Waals surface area (Å²) in [5.41, 5.74) is 3.47. The first-order valence-electron chi connectivity index (χ1n) is 11.5. The van der Waals surface area contributed by atoms with Gasteiger partial charge in [0, 0.05) is 24.8 Å². The quantitative estimate of drug-likeness (QED) is 0.145. The van der Waals surface area contributed by atoms with Crippen molar-refractivity contribution < 1.29 is 33.9 Å². The van der Waals surface area contributed by atoms with Gasteiger partial charge in [0.25, 0.3) is 5.91 Å². The van der Waals surface area contributed by atoms with Gasteiger partial charge in [0.2, 0.25) is 11.5 Å². The van der Waals surface area contributed by atoms with Crippen molar-refractivity contribution in [3.05, 3.63) is 23.0 Å². The summed E-state index contributed by atoms with van der Waals surface area (Å²) in [6, 6.07) is -1.48. The van der Waals surface area contributed by atoms with E-state index < -0.39 is 47.2 Å². The number of β-lactam (4-membered cyclic amide) rings is 1. The number of hydrogen-bond acceptors (Lipinski definition) is 12. The fourth-order valence-corrected chi connectivity index (χ4v) is 3.97. The molecule has 2 fully saturated rings. The molecule has 0 spiro atoms. The van der Waals surface area contributed by atoms with E-state index in [4.69, 9.17) is 15.3 Å². The molecular weight excluding hydrogens is 522 g/mol. The normalized spacial score (nSPS) is 20.1. The van der Waals surface area contributed by atoms with Crippen LogP contribution in [-0.4, -0.2) is 78.0 Å². The number of nitrogens with one attached hydrogen (secondary N) is 3. The number of anilines is 1. The van der Waals surface area contributed by atoms with Crippen LogP contribution in [0.2, 0.25) is 0 Å². The van der Waals surface area contributed by atoms with Crippen LogP contribution in [-0.2, 0) is 37.0 Å². The number of carbonyl (C=O) groups is 4. The van der Waals surface area contributed by atoms with Gasteiger partial charge in [-0.25, -0.2) is 14.6 Å². The zero-order valence-corrected chi connectivity index (χ0v) is 21.6. The van der Waals surface area contributed by atoms with Crippen molar-refractivity contribution in [1.29, 1.82) is 0 Å². The highest BCUT2D eigenvalue weighted by Gasteiger charge is 2.55. The number of oxime groups is 1. The third-order valence-electron chi connectivity index (χ3n) is 5.43. The Hall–Kier alpha value is -4.12. The number of carboxylic acid groups (broad SMARTS) is 1. The van der Waals surface area contributed by atoms with Crippen LogP contribution in [0.25, 0.3) is 0 Å². The Morgan fingerprint density at radius 1 is 1.37 bits per heavy atom. The fourth-order valence-electron chi connectivity index (χ4n) is 3.29. The number of amides is 3. The van der Waals surface area contributed by atoms with E-state index in [2.05, 4.69) is 36.3 Å². The Bertz CT molecular complexity index is 1280. The van der Waals surface area contributed by atoms with E-state index in [1.807, 2.05) is 0 Å². The molecule has 1 saturated carbocycles. The summed E-state index contributed by atoms with van der Waals surface area (Å²) in [6.45, 7) is 5.47. The Morgan fingerprint density at radius 3 is 2.68 bits per heavy atom. The molecule has 6 N–H and O–H groups in total. The van der Waals surface area contributed by atoms with Gasteiger partial charge in [0.1, 0.15) is 17.3 Å². The lowest BCUT2D eigenvalue weighted by molar-refractivity contribution is -0.153. The zero-order chi connectivity index (χ0) is 27.7. The maximum atomic E-state index is 13.2. The van der Waals surface area contributed by atoms with Gasteiger partial charge in [-0.3, -0.25) is 14.9 Å². The third kappa shape index (κ3) is 6.23. The first kappa shape index (κ1) is 26.9. The molecule has 17 heteroatoms. The number of carboxylic acids is 1. The molecule has 3 heterocycles. The molecule has 38 heavy (non-hydrogen) atoms. The predicted octanol–water partition coefficient (Wildman–Crippen LogP) is -0.438. The van der Waals surface area contributed by atoms with Gasteiger partial charge in [-0.2, -0.15) is 15.0 Å². The van der Waals surface area contributed by atoms with Crippen LogP contribution in [0.15, 0.2) is 16.7 Å². The second kappa shape index (κ2) is 10.3. The average molecular weight is 550 g/mol. The lowest BCUT2D eigenvalue weighted by atomic mass is 9.98. The molecule has 2 aliphatic rings. The predicted molar refractivity (Wildman–Crippen MR) is 131 cm³/mol. The number of carbonyl (C=O) groups excluding carboxylic acids is 3. The van der Waals surface area contributed by atoms with Crippen molar-refractivity contribution >= 4 is 46.1 Å². The number of nitrogens with zero attached hydrogens (tertiary/aromatic N) is 5. The molecule has 16 nitrogen and oxygen atoms in total. The molecule has 2 atom stereocenters. The summed E-state index contributed by atoms with van der Waals surface area (Å²) in [4.78, 5) is 59.8. The SMILES string of the molecule is CC(C)(C)OC(=O)Nc1nc(/C(=N/OC2(C(=O)O)CC2)C(=O)N[C@@H]2C(=O)N[C@@H]2Cn2ncc(CN)n2)cs1. The molecule has 0 bridgehead atoms. The molecule has 0 unspecified atom stereocenters. The summed E-state index contributed by atoms with van der Waals surface area (Å²) in [6.07, 6.45) is 1.19. The summed E-state index contributed by atoms with van der Waals surface area (Å²) in [7, 11) is 0. The first-order chi connectivity index (χ1) is 17.9. The Balaban J connectivity index is 1.50. The topological polar surface area (TPSA) is 225 Å². The van der Waals surface area contributed by atoms with E-state index in [-0.39, 0.29) is 42.5 Å². The van der Waals surface area contributed by atoms with Crippen LogP contribution in [0.3, 0.4) is 0 Å². The number of aliphatic carboxylic acids is 1. The molecule has 1 saturated heterocycles. The van der Waals surface area contributed by atoms with Crippen LogP contribution < -0.4 is 21.7 Å². The van der Waals surface area contributed by atoms with Gasteiger partial charge in [0.05, 0.1) is 24.5 Å². The second-order valence-corrected chi connectivity index (χ2v) is 10.5. The minimum atomic E-state index is -1.53. The number of rotatable bonds is 10. The highest BCUT2D eigenvalue weighted by Crippen LogP contribution is 2.40. The van der Waals surface area contributed by atoms with E-state index in [0.717, 1.165) is 11.3 Å². The van der Waals surface area contributed by atoms with Crippen LogP contribution in [0, 0.1) is 0 Å². The Kier molecular flexibility index (Phi) is 7.32. The molecule has 204 valence electrons. The Labute approximate surface area is 219 Å². The maximum Gasteiger partial charge on any atom is 0.413 e. The van der Waals surface area contributed by atoms with Crippen LogP contribution >= 0.6 is 11.3 Å². The summed E-state index contributed by atoms with van der Waals surface area (Å²) < 4.78 is 5.20. The highest BCUT2D eigenvalue weighted by molar-refractivity contribution is 7.14. The van der Waals surface area contributed by atoms with Crippen LogP contribution in [0.4, 0.5) is 9.93 Å². The van der Waals surface area contributed by atoms with E-state index in [1.165, 1.54) is 16.4 Å². The number of thiazole rings is 1. The monoisotopic (exact) mass is 549 g/mol. The fraction of sp³-hybridized carbons (Fsp3) is 0.524. The van der Waals surface area contributed by atoms with Crippen molar-refractivity contribution in [3.63, 3.8) is 0 Å². The number of aromatic nitrogens is 4. The molecule has 0 radical (unpaired) electrons. The van der Waals surface area contributed by atoms with E-state index in [1.54, 1.807) is 20.8 Å². The van der Waals surface area contributed by atoms with Crippen LogP contribution in [0.5, 0.6) is 0 Å². The molecule has 2 aromatic heterocycles. The standard InChI is InChI=1S/C21H27N9O7S/c1-20(2,3)36-19(35)27-18-25-12(9-38-18)14(29-37-21(4-5-21)17(33)34)16(32)26-13-11(24-15(13)31)8-30-23-7-10(6-22)28-30/h7,9,11,13H,4-6,8,22H2,1-3H3,(H,24,31)(H,26,32)(H,33,34)(H,25,27,35)/b29-14-/t11-,13+/m1/s1. The van der Waals surface area contributed by atoms with Crippen molar-refractivity contribution in [1.82, 2.24) is 30.6 Å². The molecule has 2 aromatic rings. The van der Waals surface area contributed by atoms with Crippen molar-refractivity contribution in [2.45, 2.75) is 70.0 Å². The van der Waals surface area contributed by atoms with Crippen LogP contribution in [0.1, 0.15) is 45.0 Å². The minimum Gasteiger partial charge on any atom is -0.478 e. The van der Waals surface area contributed by atoms with Gasteiger partial charge in [-0.15, -0.1) is 11.3 Å². The second-order valence-electron chi connectivity index (χ2n) is 9.66. The van der Waals surface area contributed by atoms with Gasteiger partial charge < -0.3 is 31.0 Å². The molecule has 1 aliphatic carbocycles. The number of nitrogens with two attached hydrogens (primary N) is 1. The van der Waals surface area contributed by atoms with E-state index in [0.29, 0.717) is 5.69 Å². The number of hydrogen-bond donors (Lipinski definition) is 5. The highest BCUT2D eigenvalue weighted by atomic mass is 32.1. The van der Waals surface area contributed by atoms with Crippen molar-refractivity contribution in [2.24, 2.45) is 10.9 Å². The number of ether oxygens (including phenoxy) is 1. The van der Waals surface area contributed by atoms with E-state index in [9.17, 15) is 24.3 Å². The minimum absolute atomic E-state index is 0.00244. The van der Waals surface area contributed by atoms with Gasteiger partial charge in [-0.1, -0.05) is 5.16 Å². The van der Waals surface area contributed by atoms with Gasteiger partial charge in [-0.05, 0) is 20.8 Å². The molecule has 0 aromatic carbocycles. The van der Waals surface area contributed by atoms with E-state index >= 15 is 0 Å². The third-order valence-corrected chi connectivity index (χ3v) is 6.19.